The molecule has 0 bridgehead atoms. The third-order valence-electron chi connectivity index (χ3n) is 5.24. The highest BCUT2D eigenvalue weighted by Crippen LogP contribution is 2.32. The van der Waals surface area contributed by atoms with Crippen LogP contribution in [0, 0.1) is 0 Å². The van der Waals surface area contributed by atoms with E-state index >= 15 is 0 Å². The van der Waals surface area contributed by atoms with E-state index in [1.165, 1.54) is 24.8 Å². The highest BCUT2D eigenvalue weighted by atomic mass is 16.2. The lowest BCUT2D eigenvalue weighted by molar-refractivity contribution is 0.0976. The minimum Gasteiger partial charge on any atom is -0.351 e. The van der Waals surface area contributed by atoms with E-state index in [1.807, 2.05) is 23.1 Å². The van der Waals surface area contributed by atoms with Gasteiger partial charge in [0.25, 0.3) is 5.91 Å². The van der Waals surface area contributed by atoms with Crippen LogP contribution >= 0.6 is 0 Å². The lowest BCUT2D eigenvalue weighted by Crippen LogP contribution is -2.36. The molecule has 1 aromatic carbocycles. The number of carbonyl (C=O) groups excluding carboxylic acids is 1. The van der Waals surface area contributed by atoms with Crippen LogP contribution in [0.15, 0.2) is 36.5 Å². The van der Waals surface area contributed by atoms with Crippen molar-refractivity contribution in [1.29, 1.82) is 0 Å². The fraction of sp³-hybridized carbons (Fsp3) is 0.450. The molecule has 1 unspecified atom stereocenters. The Bertz CT molecular complexity index is 770. The maximum absolute atomic E-state index is 13.1. The molecule has 1 aliphatic carbocycles. The molecule has 4 rings (SSSR count). The first-order valence-corrected chi connectivity index (χ1v) is 9.23. The van der Waals surface area contributed by atoms with E-state index in [0.717, 1.165) is 24.9 Å². The van der Waals surface area contributed by atoms with Crippen molar-refractivity contribution in [3.05, 3.63) is 47.8 Å². The van der Waals surface area contributed by atoms with E-state index in [-0.39, 0.29) is 11.9 Å². The van der Waals surface area contributed by atoms with Crippen molar-refractivity contribution in [2.24, 2.45) is 0 Å². The van der Waals surface area contributed by atoms with Gasteiger partial charge in [-0.25, -0.2) is 9.97 Å². The number of fused-ring (bicyclic) bond motifs is 1. The Balaban J connectivity index is 1.55. The van der Waals surface area contributed by atoms with Crippen LogP contribution in [0.5, 0.6) is 0 Å². The molecule has 5 nitrogen and oxygen atoms in total. The van der Waals surface area contributed by atoms with Crippen molar-refractivity contribution in [3.63, 3.8) is 0 Å². The Hall–Kier alpha value is -2.43. The van der Waals surface area contributed by atoms with Crippen LogP contribution in [0.2, 0.25) is 0 Å². The van der Waals surface area contributed by atoms with Crippen LogP contribution in [0.4, 0.5) is 11.6 Å². The zero-order valence-corrected chi connectivity index (χ0v) is 14.6. The first-order valence-electron chi connectivity index (χ1n) is 9.23. The minimum atomic E-state index is -0.0495. The number of anilines is 2. The van der Waals surface area contributed by atoms with Gasteiger partial charge in [0.05, 0.1) is 0 Å². The van der Waals surface area contributed by atoms with Crippen molar-refractivity contribution in [3.8, 4) is 0 Å². The third kappa shape index (κ3) is 3.23. The molecule has 1 amide bonds. The molecule has 2 heterocycles. The molecule has 0 radical (unpaired) electrons. The van der Waals surface area contributed by atoms with Crippen LogP contribution in [0.3, 0.4) is 0 Å². The van der Waals surface area contributed by atoms with Gasteiger partial charge in [0.1, 0.15) is 5.69 Å². The van der Waals surface area contributed by atoms with Gasteiger partial charge >= 0.3 is 0 Å². The first kappa shape index (κ1) is 16.1. The summed E-state index contributed by atoms with van der Waals surface area (Å²) in [6.45, 7) is 2.08. The van der Waals surface area contributed by atoms with Gasteiger partial charge < -0.3 is 10.2 Å². The Morgan fingerprint density at radius 3 is 2.80 bits per heavy atom. The predicted molar refractivity (Wildman–Crippen MR) is 98.9 cm³/mol. The number of para-hydroxylation sites is 1. The van der Waals surface area contributed by atoms with Gasteiger partial charge in [-0.05, 0) is 43.9 Å². The number of hydrogen-bond acceptors (Lipinski definition) is 4. The van der Waals surface area contributed by atoms with Crippen molar-refractivity contribution in [2.75, 3.05) is 10.2 Å². The minimum absolute atomic E-state index is 0.0495. The second-order valence-electron chi connectivity index (χ2n) is 7.10. The summed E-state index contributed by atoms with van der Waals surface area (Å²) >= 11 is 0. The van der Waals surface area contributed by atoms with Crippen molar-refractivity contribution in [2.45, 2.75) is 57.5 Å². The van der Waals surface area contributed by atoms with Gasteiger partial charge in [-0.15, -0.1) is 0 Å². The summed E-state index contributed by atoms with van der Waals surface area (Å²) in [7, 11) is 0. The summed E-state index contributed by atoms with van der Waals surface area (Å²) in [4.78, 5) is 23.8. The monoisotopic (exact) mass is 336 g/mol. The van der Waals surface area contributed by atoms with Gasteiger partial charge in [-0.1, -0.05) is 37.5 Å². The Morgan fingerprint density at radius 2 is 1.96 bits per heavy atom. The van der Waals surface area contributed by atoms with Crippen LogP contribution in [-0.4, -0.2) is 28.0 Å². The molecule has 1 atom stereocenters. The summed E-state index contributed by atoms with van der Waals surface area (Å²) in [5, 5.41) is 3.40. The van der Waals surface area contributed by atoms with E-state index in [4.69, 9.17) is 0 Å². The second kappa shape index (κ2) is 6.82. The molecule has 1 fully saturated rings. The summed E-state index contributed by atoms with van der Waals surface area (Å²) < 4.78 is 0. The fourth-order valence-electron chi connectivity index (χ4n) is 3.98. The molecule has 2 aromatic rings. The lowest BCUT2D eigenvalue weighted by atomic mass is 9.96. The fourth-order valence-corrected chi connectivity index (χ4v) is 3.98. The number of amides is 1. The van der Waals surface area contributed by atoms with Gasteiger partial charge in [0.15, 0.2) is 0 Å². The number of carbonyl (C=O) groups is 1. The normalized spacial score (nSPS) is 20.4. The summed E-state index contributed by atoms with van der Waals surface area (Å²) in [6, 6.07) is 10.4. The zero-order valence-electron chi connectivity index (χ0n) is 14.6. The largest absolute Gasteiger partial charge is 0.351 e. The topological polar surface area (TPSA) is 58.1 Å². The maximum atomic E-state index is 13.1. The number of rotatable bonds is 3. The highest BCUT2D eigenvalue weighted by Gasteiger charge is 2.32. The summed E-state index contributed by atoms with van der Waals surface area (Å²) in [5.74, 6) is 0.518. The Kier molecular flexibility index (Phi) is 4.38. The van der Waals surface area contributed by atoms with Crippen molar-refractivity contribution < 1.29 is 4.79 Å². The van der Waals surface area contributed by atoms with E-state index in [0.29, 0.717) is 17.7 Å². The number of hydrogen-bond donors (Lipinski definition) is 1. The van der Waals surface area contributed by atoms with Crippen LogP contribution in [0.1, 0.15) is 55.1 Å². The number of aromatic nitrogens is 2. The Labute approximate surface area is 148 Å². The molecule has 1 N–H and O–H groups in total. The highest BCUT2D eigenvalue weighted by molar-refractivity contribution is 6.06. The van der Waals surface area contributed by atoms with Crippen LogP contribution in [-0.2, 0) is 6.42 Å². The summed E-state index contributed by atoms with van der Waals surface area (Å²) in [5.41, 5.74) is 2.68. The molecule has 0 saturated heterocycles. The van der Waals surface area contributed by atoms with Crippen molar-refractivity contribution in [1.82, 2.24) is 9.97 Å². The lowest BCUT2D eigenvalue weighted by Gasteiger charge is -2.24. The number of benzene rings is 1. The molecule has 130 valence electrons. The molecular formula is C20H24N4O. The molecule has 1 aliphatic heterocycles. The molecule has 1 saturated carbocycles. The van der Waals surface area contributed by atoms with Crippen LogP contribution in [0.25, 0.3) is 0 Å². The van der Waals surface area contributed by atoms with E-state index in [1.54, 1.807) is 12.3 Å². The third-order valence-corrected chi connectivity index (χ3v) is 5.24. The van der Waals surface area contributed by atoms with Crippen LogP contribution < -0.4 is 10.2 Å². The van der Waals surface area contributed by atoms with E-state index in [2.05, 4.69) is 28.3 Å². The van der Waals surface area contributed by atoms with Gasteiger partial charge in [-0.3, -0.25) is 4.79 Å². The predicted octanol–water partition coefficient (Wildman–Crippen LogP) is 3.81. The smallest absolute Gasteiger partial charge is 0.277 e. The SMILES string of the molecule is CC1Cc2ccccc2N1C(=O)c1ccnc(NC2CCCCC2)n1. The quantitative estimate of drug-likeness (QED) is 0.926. The Morgan fingerprint density at radius 1 is 1.16 bits per heavy atom. The molecule has 25 heavy (non-hydrogen) atoms. The van der Waals surface area contributed by atoms with E-state index in [9.17, 15) is 4.79 Å². The average molecular weight is 336 g/mol. The molecule has 5 heteroatoms. The first-order chi connectivity index (χ1) is 12.2. The van der Waals surface area contributed by atoms with Crippen molar-refractivity contribution >= 4 is 17.5 Å². The van der Waals surface area contributed by atoms with E-state index < -0.39 is 0 Å². The molecule has 0 spiro atoms. The molecule has 2 aliphatic rings. The zero-order chi connectivity index (χ0) is 17.2. The number of nitrogens with zero attached hydrogens (tertiary/aromatic N) is 3. The van der Waals surface area contributed by atoms with Gasteiger partial charge in [-0.2, -0.15) is 0 Å². The number of nitrogens with one attached hydrogen (secondary N) is 1. The maximum Gasteiger partial charge on any atom is 0.277 e. The van der Waals surface area contributed by atoms with Gasteiger partial charge in [0.2, 0.25) is 5.95 Å². The standard InChI is InChI=1S/C20H24N4O/c1-14-13-15-7-5-6-10-18(15)24(14)19(25)17-11-12-21-20(23-17)22-16-8-3-2-4-9-16/h5-7,10-12,14,16H,2-4,8-9,13H2,1H3,(H,21,22,23). The molecule has 1 aromatic heterocycles. The summed E-state index contributed by atoms with van der Waals surface area (Å²) in [6.07, 6.45) is 8.68. The average Bonchev–Trinajstić information content (AvgIpc) is 2.98. The second-order valence-corrected chi connectivity index (χ2v) is 7.10. The molecular weight excluding hydrogens is 312 g/mol. The van der Waals surface area contributed by atoms with Gasteiger partial charge in [0, 0.05) is 24.0 Å².